The van der Waals surface area contributed by atoms with Crippen LogP contribution in [0.15, 0.2) is 42.9 Å². The number of nitrogens with zero attached hydrogens (tertiary/aromatic N) is 4. The van der Waals surface area contributed by atoms with Gasteiger partial charge in [-0.2, -0.15) is 5.26 Å². The quantitative estimate of drug-likeness (QED) is 0.845. The standard InChI is InChI=1S/C15H12N4O2/c16-7-11-1-3-12(4-2-11)21-13-9-19(10-13)15(20)14-8-17-5-6-18-14/h1-6,8,13H,9-10H2. The maximum Gasteiger partial charge on any atom is 0.274 e. The molecule has 0 radical (unpaired) electrons. The molecule has 1 amide bonds. The van der Waals surface area contributed by atoms with Crippen molar-refractivity contribution in [1.29, 1.82) is 5.26 Å². The fourth-order valence-electron chi connectivity index (χ4n) is 2.05. The minimum absolute atomic E-state index is 0.0291. The number of carbonyl (C=O) groups is 1. The van der Waals surface area contributed by atoms with Crippen LogP contribution in [0.25, 0.3) is 0 Å². The van der Waals surface area contributed by atoms with E-state index in [-0.39, 0.29) is 12.0 Å². The summed E-state index contributed by atoms with van der Waals surface area (Å²) in [6, 6.07) is 8.98. The van der Waals surface area contributed by atoms with Crippen LogP contribution < -0.4 is 4.74 Å². The minimum atomic E-state index is -0.136. The van der Waals surface area contributed by atoms with Crippen molar-refractivity contribution in [2.45, 2.75) is 6.10 Å². The molecule has 0 spiro atoms. The number of benzene rings is 1. The number of hydrogen-bond acceptors (Lipinski definition) is 5. The van der Waals surface area contributed by atoms with Gasteiger partial charge in [0.15, 0.2) is 0 Å². The predicted molar refractivity (Wildman–Crippen MR) is 73.5 cm³/mol. The molecule has 1 fully saturated rings. The van der Waals surface area contributed by atoms with Crippen molar-refractivity contribution in [2.75, 3.05) is 13.1 Å². The first-order valence-electron chi connectivity index (χ1n) is 6.48. The molecule has 2 aromatic rings. The number of hydrogen-bond donors (Lipinski definition) is 0. The molecule has 21 heavy (non-hydrogen) atoms. The summed E-state index contributed by atoms with van der Waals surface area (Å²) in [5.74, 6) is 0.563. The fourth-order valence-corrected chi connectivity index (χ4v) is 2.05. The molecular weight excluding hydrogens is 268 g/mol. The molecule has 6 nitrogen and oxygen atoms in total. The maximum absolute atomic E-state index is 12.0. The highest BCUT2D eigenvalue weighted by Gasteiger charge is 2.33. The van der Waals surface area contributed by atoms with Gasteiger partial charge in [0.05, 0.1) is 30.9 Å². The second kappa shape index (κ2) is 5.59. The smallest absolute Gasteiger partial charge is 0.274 e. The van der Waals surface area contributed by atoms with Gasteiger partial charge in [-0.25, -0.2) is 4.98 Å². The molecule has 104 valence electrons. The zero-order valence-electron chi connectivity index (χ0n) is 11.1. The van der Waals surface area contributed by atoms with E-state index >= 15 is 0 Å². The van der Waals surface area contributed by atoms with Gasteiger partial charge in [-0.05, 0) is 24.3 Å². The number of ether oxygens (including phenoxy) is 1. The Bertz CT molecular complexity index is 673. The fraction of sp³-hybridized carbons (Fsp3) is 0.200. The van der Waals surface area contributed by atoms with Crippen LogP contribution in [0, 0.1) is 11.3 Å². The Hall–Kier alpha value is -2.94. The Morgan fingerprint density at radius 1 is 1.29 bits per heavy atom. The maximum atomic E-state index is 12.0. The van der Waals surface area contributed by atoms with Crippen molar-refractivity contribution in [1.82, 2.24) is 14.9 Å². The number of likely N-dealkylation sites (tertiary alicyclic amines) is 1. The highest BCUT2D eigenvalue weighted by Crippen LogP contribution is 2.19. The van der Waals surface area contributed by atoms with Gasteiger partial charge >= 0.3 is 0 Å². The first kappa shape index (κ1) is 13.1. The summed E-state index contributed by atoms with van der Waals surface area (Å²) < 4.78 is 5.73. The van der Waals surface area contributed by atoms with Crippen molar-refractivity contribution in [3.8, 4) is 11.8 Å². The molecule has 1 aromatic heterocycles. The summed E-state index contributed by atoms with van der Waals surface area (Å²) in [5.41, 5.74) is 0.935. The molecule has 6 heteroatoms. The van der Waals surface area contributed by atoms with E-state index in [1.54, 1.807) is 29.2 Å². The Morgan fingerprint density at radius 2 is 2.05 bits per heavy atom. The van der Waals surface area contributed by atoms with E-state index in [9.17, 15) is 4.79 Å². The summed E-state index contributed by atoms with van der Waals surface area (Å²) in [6.45, 7) is 1.05. The van der Waals surface area contributed by atoms with E-state index in [1.165, 1.54) is 18.6 Å². The number of nitriles is 1. The van der Waals surface area contributed by atoms with Crippen LogP contribution in [0.2, 0.25) is 0 Å². The van der Waals surface area contributed by atoms with Crippen molar-refractivity contribution >= 4 is 5.91 Å². The summed E-state index contributed by atoms with van der Waals surface area (Å²) >= 11 is 0. The number of rotatable bonds is 3. The molecule has 0 aliphatic carbocycles. The Morgan fingerprint density at radius 3 is 2.67 bits per heavy atom. The number of aromatic nitrogens is 2. The second-order valence-electron chi connectivity index (χ2n) is 4.68. The van der Waals surface area contributed by atoms with Crippen molar-refractivity contribution in [3.05, 3.63) is 54.1 Å². The van der Waals surface area contributed by atoms with Gasteiger partial charge < -0.3 is 9.64 Å². The monoisotopic (exact) mass is 280 g/mol. The summed E-state index contributed by atoms with van der Waals surface area (Å²) in [7, 11) is 0. The zero-order chi connectivity index (χ0) is 14.7. The Balaban J connectivity index is 1.54. The normalized spacial score (nSPS) is 14.1. The highest BCUT2D eigenvalue weighted by molar-refractivity contribution is 5.92. The summed E-state index contributed by atoms with van der Waals surface area (Å²) in [6.07, 6.45) is 4.46. The lowest BCUT2D eigenvalue weighted by atomic mass is 10.1. The van der Waals surface area contributed by atoms with Gasteiger partial charge in [0, 0.05) is 12.4 Å². The van der Waals surface area contributed by atoms with E-state index in [0.29, 0.717) is 30.1 Å². The van der Waals surface area contributed by atoms with E-state index in [0.717, 1.165) is 0 Å². The first-order chi connectivity index (χ1) is 10.3. The third-order valence-electron chi connectivity index (χ3n) is 3.20. The van der Waals surface area contributed by atoms with Crippen LogP contribution in [0.3, 0.4) is 0 Å². The summed E-state index contributed by atoms with van der Waals surface area (Å²) in [4.78, 5) is 21.6. The van der Waals surface area contributed by atoms with Gasteiger partial charge in [-0.1, -0.05) is 0 Å². The van der Waals surface area contributed by atoms with Crippen LogP contribution in [0.1, 0.15) is 16.1 Å². The van der Waals surface area contributed by atoms with Gasteiger partial charge in [-0.3, -0.25) is 9.78 Å². The molecule has 1 aliphatic heterocycles. The summed E-state index contributed by atoms with van der Waals surface area (Å²) in [5, 5.41) is 8.73. The molecule has 2 heterocycles. The topological polar surface area (TPSA) is 79.1 Å². The van der Waals surface area contributed by atoms with E-state index in [4.69, 9.17) is 10.00 Å². The molecule has 0 unspecified atom stereocenters. The SMILES string of the molecule is N#Cc1ccc(OC2CN(C(=O)c3cnccn3)C2)cc1. The van der Waals surface area contributed by atoms with Gasteiger partial charge in [0.2, 0.25) is 0 Å². The van der Waals surface area contributed by atoms with Crippen LogP contribution in [-0.4, -0.2) is 40.0 Å². The Labute approximate surface area is 121 Å². The molecule has 0 saturated carbocycles. The minimum Gasteiger partial charge on any atom is -0.487 e. The van der Waals surface area contributed by atoms with E-state index in [1.807, 2.05) is 0 Å². The molecule has 3 rings (SSSR count). The van der Waals surface area contributed by atoms with Crippen molar-refractivity contribution in [3.63, 3.8) is 0 Å². The molecule has 1 aliphatic rings. The second-order valence-corrected chi connectivity index (χ2v) is 4.68. The molecule has 0 atom stereocenters. The predicted octanol–water partition coefficient (Wildman–Crippen LogP) is 1.25. The van der Waals surface area contributed by atoms with Crippen LogP contribution in [0.4, 0.5) is 0 Å². The largest absolute Gasteiger partial charge is 0.487 e. The molecule has 0 N–H and O–H groups in total. The van der Waals surface area contributed by atoms with Gasteiger partial charge in [0.25, 0.3) is 5.91 Å². The molecule has 1 saturated heterocycles. The van der Waals surface area contributed by atoms with Crippen LogP contribution in [-0.2, 0) is 0 Å². The van der Waals surface area contributed by atoms with Gasteiger partial charge in [-0.15, -0.1) is 0 Å². The number of amides is 1. The third-order valence-corrected chi connectivity index (χ3v) is 3.20. The average Bonchev–Trinajstić information content (AvgIpc) is 2.51. The van der Waals surface area contributed by atoms with Gasteiger partial charge in [0.1, 0.15) is 17.5 Å². The van der Waals surface area contributed by atoms with E-state index in [2.05, 4.69) is 16.0 Å². The third kappa shape index (κ3) is 2.82. The zero-order valence-corrected chi connectivity index (χ0v) is 11.1. The molecule has 0 bridgehead atoms. The lowest BCUT2D eigenvalue weighted by Crippen LogP contribution is -2.56. The molecular formula is C15H12N4O2. The van der Waals surface area contributed by atoms with Crippen LogP contribution in [0.5, 0.6) is 5.75 Å². The number of carbonyl (C=O) groups excluding carboxylic acids is 1. The van der Waals surface area contributed by atoms with E-state index < -0.39 is 0 Å². The molecule has 1 aromatic carbocycles. The van der Waals surface area contributed by atoms with Crippen molar-refractivity contribution in [2.24, 2.45) is 0 Å². The van der Waals surface area contributed by atoms with Crippen molar-refractivity contribution < 1.29 is 9.53 Å². The highest BCUT2D eigenvalue weighted by atomic mass is 16.5. The van der Waals surface area contributed by atoms with Crippen LogP contribution >= 0.6 is 0 Å². The first-order valence-corrected chi connectivity index (χ1v) is 6.48. The lowest BCUT2D eigenvalue weighted by Gasteiger charge is -2.38. The Kier molecular flexibility index (Phi) is 3.48. The average molecular weight is 280 g/mol. The lowest BCUT2D eigenvalue weighted by molar-refractivity contribution is 0.0173.